The van der Waals surface area contributed by atoms with Gasteiger partial charge < -0.3 is 15.6 Å². The molecule has 0 spiro atoms. The third kappa shape index (κ3) is 4.20. The minimum Gasteiger partial charge on any atom is -0.351 e. The molecule has 2 fully saturated rings. The van der Waals surface area contributed by atoms with Crippen LogP contribution in [0.3, 0.4) is 0 Å². The highest BCUT2D eigenvalue weighted by Crippen LogP contribution is 2.44. The van der Waals surface area contributed by atoms with Crippen molar-refractivity contribution < 1.29 is 4.79 Å². The van der Waals surface area contributed by atoms with E-state index >= 15 is 0 Å². The summed E-state index contributed by atoms with van der Waals surface area (Å²) in [5.41, 5.74) is 1.46. The molecule has 1 aromatic heterocycles. The number of hydrogen-bond donors (Lipinski definition) is 3. The number of aromatic amines is 1. The van der Waals surface area contributed by atoms with Gasteiger partial charge in [0, 0.05) is 28.0 Å². The number of amides is 1. The molecule has 2 atom stereocenters. The number of carbonyl (C=O) groups excluding carboxylic acids is 1. The number of halogens is 1. The minimum atomic E-state index is -0.119. The fourth-order valence-electron chi connectivity index (χ4n) is 4.09. The van der Waals surface area contributed by atoms with Crippen LogP contribution in [-0.4, -0.2) is 30.0 Å². The van der Waals surface area contributed by atoms with Crippen molar-refractivity contribution in [2.45, 2.75) is 44.6 Å². The van der Waals surface area contributed by atoms with E-state index in [-0.39, 0.29) is 17.4 Å². The number of fused-ring (bicyclic) bond motifs is 1. The van der Waals surface area contributed by atoms with Gasteiger partial charge in [-0.2, -0.15) is 5.26 Å². The predicted octanol–water partition coefficient (Wildman–Crippen LogP) is 4.11. The van der Waals surface area contributed by atoms with Crippen LogP contribution in [-0.2, 0) is 0 Å². The zero-order valence-electron chi connectivity index (χ0n) is 15.4. The van der Waals surface area contributed by atoms with Gasteiger partial charge in [0.15, 0.2) is 0 Å². The first-order valence-electron chi connectivity index (χ1n) is 9.80. The molecule has 0 aliphatic heterocycles. The minimum absolute atomic E-state index is 0.0325. The Hall–Kier alpha value is -1.84. The molecule has 0 bridgehead atoms. The zero-order valence-corrected chi connectivity index (χ0v) is 16.9. The highest BCUT2D eigenvalue weighted by molar-refractivity contribution is 9.10. The van der Waals surface area contributed by atoms with Crippen molar-refractivity contribution in [1.29, 1.82) is 5.26 Å². The molecule has 1 aromatic carbocycles. The average molecular weight is 429 g/mol. The Bertz CT molecular complexity index is 880. The third-order valence-electron chi connectivity index (χ3n) is 6.01. The van der Waals surface area contributed by atoms with E-state index in [0.29, 0.717) is 11.6 Å². The molecule has 142 valence electrons. The van der Waals surface area contributed by atoms with Gasteiger partial charge in [-0.25, -0.2) is 0 Å². The van der Waals surface area contributed by atoms with Crippen molar-refractivity contribution in [3.8, 4) is 6.07 Å². The monoisotopic (exact) mass is 428 g/mol. The Morgan fingerprint density at radius 2 is 2.11 bits per heavy atom. The number of nitrogens with zero attached hydrogens (tertiary/aromatic N) is 1. The first kappa shape index (κ1) is 18.5. The first-order chi connectivity index (χ1) is 13.1. The van der Waals surface area contributed by atoms with E-state index < -0.39 is 0 Å². The van der Waals surface area contributed by atoms with Crippen molar-refractivity contribution >= 4 is 32.7 Å². The molecule has 2 aliphatic rings. The maximum absolute atomic E-state index is 12.8. The van der Waals surface area contributed by atoms with Crippen molar-refractivity contribution in [3.05, 3.63) is 34.4 Å². The Morgan fingerprint density at radius 1 is 1.30 bits per heavy atom. The predicted molar refractivity (Wildman–Crippen MR) is 109 cm³/mol. The highest BCUT2D eigenvalue weighted by Gasteiger charge is 2.42. The lowest BCUT2D eigenvalue weighted by Crippen LogP contribution is -2.46. The van der Waals surface area contributed by atoms with E-state index in [2.05, 4.69) is 37.6 Å². The number of rotatable bonds is 6. The average Bonchev–Trinajstić information content (AvgIpc) is 3.32. The van der Waals surface area contributed by atoms with E-state index in [4.69, 9.17) is 0 Å². The summed E-state index contributed by atoms with van der Waals surface area (Å²) in [6, 6.07) is 10.5. The van der Waals surface area contributed by atoms with Gasteiger partial charge in [-0.05, 0) is 62.4 Å². The lowest BCUT2D eigenvalue weighted by atomic mass is 9.84. The van der Waals surface area contributed by atoms with E-state index in [1.165, 1.54) is 6.42 Å². The summed E-state index contributed by atoms with van der Waals surface area (Å²) < 4.78 is 1.00. The summed E-state index contributed by atoms with van der Waals surface area (Å²) in [6.07, 6.45) is 6.53. The van der Waals surface area contributed by atoms with Crippen LogP contribution in [0.1, 0.15) is 49.0 Å². The molecular formula is C21H25BrN4O. The van der Waals surface area contributed by atoms with E-state index in [1.807, 2.05) is 24.3 Å². The number of H-pyrrole nitrogens is 1. The number of nitriles is 1. The molecule has 2 aliphatic carbocycles. The van der Waals surface area contributed by atoms with Gasteiger partial charge in [-0.15, -0.1) is 0 Å². The molecule has 27 heavy (non-hydrogen) atoms. The summed E-state index contributed by atoms with van der Waals surface area (Å²) in [5, 5.41) is 17.0. The molecule has 1 heterocycles. The van der Waals surface area contributed by atoms with Crippen molar-refractivity contribution in [2.75, 3.05) is 13.1 Å². The third-order valence-corrected chi connectivity index (χ3v) is 6.51. The van der Waals surface area contributed by atoms with Crippen LogP contribution in [0.2, 0.25) is 0 Å². The standard InChI is InChI=1S/C21H25BrN4O/c22-16-5-6-18-15(9-16)10-19(25-18)20(27)26-17-4-2-1-3-14(17)11-24-13-21(12-23)7-8-21/h5-6,9-10,14,17,24-25H,1-4,7-8,11,13H2,(H,26,27)/t14-,17+/m1/s1. The Kier molecular flexibility index (Phi) is 5.25. The summed E-state index contributed by atoms with van der Waals surface area (Å²) in [4.78, 5) is 16.0. The lowest BCUT2D eigenvalue weighted by Gasteiger charge is -2.32. The molecule has 4 rings (SSSR count). The molecular weight excluding hydrogens is 404 g/mol. The molecule has 3 N–H and O–H groups in total. The lowest BCUT2D eigenvalue weighted by molar-refractivity contribution is 0.0901. The maximum Gasteiger partial charge on any atom is 0.267 e. The molecule has 0 unspecified atom stereocenters. The number of aromatic nitrogens is 1. The molecule has 6 heteroatoms. The van der Waals surface area contributed by atoms with Crippen LogP contribution in [0.15, 0.2) is 28.7 Å². The summed E-state index contributed by atoms with van der Waals surface area (Å²) in [6.45, 7) is 1.64. The van der Waals surface area contributed by atoms with Crippen LogP contribution in [0, 0.1) is 22.7 Å². The first-order valence-corrected chi connectivity index (χ1v) is 10.6. The van der Waals surface area contributed by atoms with Crippen molar-refractivity contribution in [1.82, 2.24) is 15.6 Å². The molecule has 5 nitrogen and oxygen atoms in total. The van der Waals surface area contributed by atoms with Gasteiger partial charge in [0.1, 0.15) is 5.69 Å². The van der Waals surface area contributed by atoms with Crippen LogP contribution in [0.25, 0.3) is 10.9 Å². The van der Waals surface area contributed by atoms with Gasteiger partial charge in [0.05, 0.1) is 11.5 Å². The van der Waals surface area contributed by atoms with E-state index in [9.17, 15) is 10.1 Å². The normalized spacial score (nSPS) is 23.7. The van der Waals surface area contributed by atoms with Gasteiger partial charge in [0.25, 0.3) is 5.91 Å². The topological polar surface area (TPSA) is 80.7 Å². The van der Waals surface area contributed by atoms with Crippen LogP contribution in [0.5, 0.6) is 0 Å². The maximum atomic E-state index is 12.8. The second kappa shape index (κ2) is 7.65. The zero-order chi connectivity index (χ0) is 18.9. The quantitative estimate of drug-likeness (QED) is 0.647. The van der Waals surface area contributed by atoms with Crippen LogP contribution in [0.4, 0.5) is 0 Å². The SMILES string of the molecule is N#CC1(CNC[C@H]2CCCC[C@@H]2NC(=O)c2cc3cc(Br)ccc3[nH]2)CC1. The smallest absolute Gasteiger partial charge is 0.267 e. The van der Waals surface area contributed by atoms with Crippen molar-refractivity contribution in [3.63, 3.8) is 0 Å². The van der Waals surface area contributed by atoms with Crippen molar-refractivity contribution in [2.24, 2.45) is 11.3 Å². The number of carbonyl (C=O) groups is 1. The number of nitrogens with one attached hydrogen (secondary N) is 3. The Morgan fingerprint density at radius 3 is 2.89 bits per heavy atom. The van der Waals surface area contributed by atoms with Crippen LogP contribution >= 0.6 is 15.9 Å². The Balaban J connectivity index is 1.37. The molecule has 0 saturated heterocycles. The van der Waals surface area contributed by atoms with Gasteiger partial charge in [0.2, 0.25) is 0 Å². The molecule has 2 aromatic rings. The number of hydrogen-bond acceptors (Lipinski definition) is 3. The van der Waals surface area contributed by atoms with Gasteiger partial charge in [-0.3, -0.25) is 4.79 Å². The van der Waals surface area contributed by atoms with Gasteiger partial charge >= 0.3 is 0 Å². The van der Waals surface area contributed by atoms with Gasteiger partial charge in [-0.1, -0.05) is 28.8 Å². The van der Waals surface area contributed by atoms with E-state index in [0.717, 1.165) is 60.6 Å². The second-order valence-corrected chi connectivity index (χ2v) is 8.98. The summed E-state index contributed by atoms with van der Waals surface area (Å²) in [5.74, 6) is 0.394. The second-order valence-electron chi connectivity index (χ2n) is 8.06. The molecule has 2 saturated carbocycles. The van der Waals surface area contributed by atoms with Crippen LogP contribution < -0.4 is 10.6 Å². The highest BCUT2D eigenvalue weighted by atomic mass is 79.9. The largest absolute Gasteiger partial charge is 0.351 e. The summed E-state index contributed by atoms with van der Waals surface area (Å²) >= 11 is 3.47. The number of benzene rings is 1. The summed E-state index contributed by atoms with van der Waals surface area (Å²) in [7, 11) is 0. The molecule has 0 radical (unpaired) electrons. The fourth-order valence-corrected chi connectivity index (χ4v) is 4.47. The molecule has 1 amide bonds. The van der Waals surface area contributed by atoms with E-state index in [1.54, 1.807) is 0 Å². The Labute approximate surface area is 168 Å². The fraction of sp³-hybridized carbons (Fsp3) is 0.524.